The fraction of sp³-hybridized carbons (Fsp3) is 0.650. The highest BCUT2D eigenvalue weighted by Crippen LogP contribution is 2.30. The van der Waals surface area contributed by atoms with Gasteiger partial charge in [0.25, 0.3) is 0 Å². The van der Waals surface area contributed by atoms with E-state index in [1.54, 1.807) is 23.1 Å². The van der Waals surface area contributed by atoms with Crippen LogP contribution in [-0.2, 0) is 21.2 Å². The molecule has 1 aromatic carbocycles. The number of sulfonamides is 1. The predicted molar refractivity (Wildman–Crippen MR) is 107 cm³/mol. The van der Waals surface area contributed by atoms with Crippen molar-refractivity contribution in [1.82, 2.24) is 9.62 Å². The molecule has 27 heavy (non-hydrogen) atoms. The van der Waals surface area contributed by atoms with Crippen LogP contribution in [0.3, 0.4) is 0 Å². The maximum Gasteiger partial charge on any atom is 0.240 e. The lowest BCUT2D eigenvalue weighted by Gasteiger charge is -2.34. The number of hydrogen-bond acceptors (Lipinski definition) is 4. The van der Waals surface area contributed by atoms with Crippen molar-refractivity contribution >= 4 is 21.6 Å². The number of hydrogen-bond donors (Lipinski definition) is 1. The van der Waals surface area contributed by atoms with Crippen LogP contribution in [-0.4, -0.2) is 51.9 Å². The zero-order valence-corrected chi connectivity index (χ0v) is 17.4. The molecule has 2 atom stereocenters. The van der Waals surface area contributed by atoms with E-state index < -0.39 is 10.0 Å². The number of carbonyl (C=O) groups excluding carboxylic acids is 1. The molecule has 0 aromatic heterocycles. The highest BCUT2D eigenvalue weighted by atomic mass is 32.2. The predicted octanol–water partition coefficient (Wildman–Crippen LogP) is 2.24. The normalized spacial score (nSPS) is 23.4. The van der Waals surface area contributed by atoms with Gasteiger partial charge in [0.15, 0.2) is 0 Å². The maximum absolute atomic E-state index is 12.6. The van der Waals surface area contributed by atoms with E-state index in [9.17, 15) is 13.2 Å². The number of carbonyl (C=O) groups is 1. The summed E-state index contributed by atoms with van der Waals surface area (Å²) in [4.78, 5) is 16.0. The van der Waals surface area contributed by atoms with Crippen LogP contribution in [0.5, 0.6) is 0 Å². The summed E-state index contributed by atoms with van der Waals surface area (Å²) >= 11 is 0. The van der Waals surface area contributed by atoms with Crippen molar-refractivity contribution in [3.8, 4) is 0 Å². The zero-order chi connectivity index (χ0) is 19.6. The van der Waals surface area contributed by atoms with Crippen LogP contribution in [0.25, 0.3) is 0 Å². The second-order valence-electron chi connectivity index (χ2n) is 8.17. The molecule has 0 aliphatic carbocycles. The molecular formula is C20H31N3O3S. The molecule has 0 spiro atoms. The standard InChI is InChI=1S/C20H31N3O3S/c1-15-11-16(2)14-22(13-15)9-4-8-21-27(25,26)19-5-6-20-18(12-19)7-10-23(20)17(3)24/h5-6,12,15-16,21H,4,7-11,13-14H2,1-3H3/t15-,16-/m0/s1. The van der Waals surface area contributed by atoms with Gasteiger partial charge in [-0.15, -0.1) is 0 Å². The van der Waals surface area contributed by atoms with Gasteiger partial charge in [0.2, 0.25) is 15.9 Å². The Bertz CT molecular complexity index is 784. The van der Waals surface area contributed by atoms with E-state index in [-0.39, 0.29) is 10.8 Å². The van der Waals surface area contributed by atoms with E-state index in [2.05, 4.69) is 23.5 Å². The number of fused-ring (bicyclic) bond motifs is 1. The third kappa shape index (κ3) is 4.89. The van der Waals surface area contributed by atoms with Crippen LogP contribution in [0.1, 0.15) is 39.2 Å². The highest BCUT2D eigenvalue weighted by molar-refractivity contribution is 7.89. The molecule has 0 radical (unpaired) electrons. The van der Waals surface area contributed by atoms with Gasteiger partial charge in [0.05, 0.1) is 4.90 Å². The van der Waals surface area contributed by atoms with E-state index >= 15 is 0 Å². The molecule has 2 aliphatic rings. The summed E-state index contributed by atoms with van der Waals surface area (Å²) in [6, 6.07) is 5.04. The zero-order valence-electron chi connectivity index (χ0n) is 16.6. The average molecular weight is 394 g/mol. The van der Waals surface area contributed by atoms with Crippen LogP contribution in [0.4, 0.5) is 5.69 Å². The number of piperidine rings is 1. The topological polar surface area (TPSA) is 69.7 Å². The first-order chi connectivity index (χ1) is 12.8. The minimum Gasteiger partial charge on any atom is -0.312 e. The van der Waals surface area contributed by atoms with Crippen molar-refractivity contribution in [1.29, 1.82) is 0 Å². The van der Waals surface area contributed by atoms with Crippen molar-refractivity contribution in [3.63, 3.8) is 0 Å². The molecule has 0 bridgehead atoms. The Morgan fingerprint density at radius 2 is 1.93 bits per heavy atom. The van der Waals surface area contributed by atoms with Gasteiger partial charge in [-0.25, -0.2) is 13.1 Å². The summed E-state index contributed by atoms with van der Waals surface area (Å²) in [6.07, 6.45) is 2.79. The third-order valence-corrected chi connectivity index (χ3v) is 6.98. The molecule has 2 aliphatic heterocycles. The van der Waals surface area contributed by atoms with Gasteiger partial charge in [0.1, 0.15) is 0 Å². The quantitative estimate of drug-likeness (QED) is 0.753. The largest absolute Gasteiger partial charge is 0.312 e. The highest BCUT2D eigenvalue weighted by Gasteiger charge is 2.25. The van der Waals surface area contributed by atoms with Crippen molar-refractivity contribution < 1.29 is 13.2 Å². The van der Waals surface area contributed by atoms with Gasteiger partial charge < -0.3 is 9.80 Å². The molecule has 150 valence electrons. The summed E-state index contributed by atoms with van der Waals surface area (Å²) in [5, 5.41) is 0. The lowest BCUT2D eigenvalue weighted by molar-refractivity contribution is -0.116. The van der Waals surface area contributed by atoms with Crippen molar-refractivity contribution in [3.05, 3.63) is 23.8 Å². The molecule has 7 heteroatoms. The van der Waals surface area contributed by atoms with Crippen LogP contribution < -0.4 is 9.62 Å². The number of amides is 1. The first kappa shape index (κ1) is 20.3. The molecule has 2 heterocycles. The Morgan fingerprint density at radius 3 is 2.59 bits per heavy atom. The summed E-state index contributed by atoms with van der Waals surface area (Å²) in [7, 11) is -3.52. The lowest BCUT2D eigenvalue weighted by Crippen LogP contribution is -2.40. The third-order valence-electron chi connectivity index (χ3n) is 5.52. The van der Waals surface area contributed by atoms with Gasteiger partial charge in [-0.1, -0.05) is 13.8 Å². The van der Waals surface area contributed by atoms with Crippen molar-refractivity contribution in [2.45, 2.75) is 44.9 Å². The fourth-order valence-corrected chi connectivity index (χ4v) is 5.56. The molecule has 6 nitrogen and oxygen atoms in total. The van der Waals surface area contributed by atoms with Crippen LogP contribution in [0.2, 0.25) is 0 Å². The molecule has 0 unspecified atom stereocenters. The van der Waals surface area contributed by atoms with E-state index in [0.29, 0.717) is 31.3 Å². The first-order valence-electron chi connectivity index (χ1n) is 9.89. The second kappa shape index (κ2) is 8.29. The number of nitrogens with zero attached hydrogens (tertiary/aromatic N) is 2. The van der Waals surface area contributed by atoms with Crippen molar-refractivity contribution in [2.24, 2.45) is 11.8 Å². The van der Waals surface area contributed by atoms with Crippen LogP contribution >= 0.6 is 0 Å². The minimum absolute atomic E-state index is 0.0103. The number of nitrogens with one attached hydrogen (secondary N) is 1. The minimum atomic E-state index is -3.52. The van der Waals surface area contributed by atoms with E-state index in [4.69, 9.17) is 0 Å². The number of likely N-dealkylation sites (tertiary alicyclic amines) is 1. The van der Waals surface area contributed by atoms with Gasteiger partial charge in [-0.05, 0) is 61.4 Å². The average Bonchev–Trinajstić information content (AvgIpc) is 3.01. The summed E-state index contributed by atoms with van der Waals surface area (Å²) in [5.41, 5.74) is 1.75. The Kier molecular flexibility index (Phi) is 6.23. The van der Waals surface area contributed by atoms with E-state index in [1.807, 2.05) is 0 Å². The monoisotopic (exact) mass is 393 g/mol. The number of anilines is 1. The summed E-state index contributed by atoms with van der Waals surface area (Å²) < 4.78 is 27.9. The van der Waals surface area contributed by atoms with Crippen LogP contribution in [0.15, 0.2) is 23.1 Å². The SMILES string of the molecule is CC(=O)N1CCc2cc(S(=O)(=O)NCCCN3C[C@@H](C)C[C@H](C)C3)ccc21. The number of rotatable bonds is 6. The van der Waals surface area contributed by atoms with Gasteiger partial charge in [-0.3, -0.25) is 4.79 Å². The molecule has 1 N–H and O–H groups in total. The molecule has 3 rings (SSSR count). The molecule has 1 fully saturated rings. The Morgan fingerprint density at radius 1 is 1.22 bits per heavy atom. The lowest BCUT2D eigenvalue weighted by atomic mass is 9.92. The Balaban J connectivity index is 1.54. The van der Waals surface area contributed by atoms with Gasteiger partial charge in [-0.2, -0.15) is 0 Å². The maximum atomic E-state index is 12.6. The smallest absolute Gasteiger partial charge is 0.240 e. The summed E-state index contributed by atoms with van der Waals surface area (Å²) in [5.74, 6) is 1.42. The van der Waals surface area contributed by atoms with E-state index in [0.717, 1.165) is 37.3 Å². The molecule has 1 aromatic rings. The van der Waals surface area contributed by atoms with Gasteiger partial charge in [0, 0.05) is 38.8 Å². The molecule has 1 amide bonds. The fourth-order valence-electron chi connectivity index (χ4n) is 4.44. The summed E-state index contributed by atoms with van der Waals surface area (Å²) in [6.45, 7) is 10.3. The number of benzene rings is 1. The van der Waals surface area contributed by atoms with Gasteiger partial charge >= 0.3 is 0 Å². The molecule has 1 saturated heterocycles. The Hall–Kier alpha value is -1.44. The van der Waals surface area contributed by atoms with E-state index in [1.165, 1.54) is 13.3 Å². The van der Waals surface area contributed by atoms with Crippen molar-refractivity contribution in [2.75, 3.05) is 37.6 Å². The second-order valence-corrected chi connectivity index (χ2v) is 9.94. The molecular weight excluding hydrogens is 362 g/mol. The molecule has 0 saturated carbocycles. The Labute approximate surface area is 163 Å². The first-order valence-corrected chi connectivity index (χ1v) is 11.4. The van der Waals surface area contributed by atoms with Crippen LogP contribution in [0, 0.1) is 11.8 Å².